The molecule has 0 aliphatic heterocycles. The molecule has 96 valence electrons. The maximum Gasteiger partial charge on any atom is 0.251 e. The van der Waals surface area contributed by atoms with Gasteiger partial charge in [-0.15, -0.1) is 5.10 Å². The zero-order valence-corrected chi connectivity index (χ0v) is 11.2. The van der Waals surface area contributed by atoms with Crippen LogP contribution in [0.1, 0.15) is 38.1 Å². The van der Waals surface area contributed by atoms with E-state index in [0.29, 0.717) is 5.56 Å². The van der Waals surface area contributed by atoms with Crippen LogP contribution in [0.5, 0.6) is 0 Å². The summed E-state index contributed by atoms with van der Waals surface area (Å²) in [5.74, 6) is -0.0875. The Morgan fingerprint density at radius 1 is 1.39 bits per heavy atom. The maximum atomic E-state index is 12.0. The van der Waals surface area contributed by atoms with Gasteiger partial charge >= 0.3 is 0 Å². The molecule has 0 saturated carbocycles. The van der Waals surface area contributed by atoms with Crippen LogP contribution in [0, 0.1) is 0 Å². The lowest BCUT2D eigenvalue weighted by Gasteiger charge is -2.20. The maximum absolute atomic E-state index is 12.0. The number of fused-ring (bicyclic) bond motifs is 1. The fraction of sp³-hybridized carbons (Fsp3) is 0.462. The molecular weight excluding hydrogens is 228 g/mol. The van der Waals surface area contributed by atoms with E-state index in [1.807, 2.05) is 33.8 Å². The lowest BCUT2D eigenvalue weighted by atomic mass is 10.1. The second kappa shape index (κ2) is 4.40. The Morgan fingerprint density at radius 2 is 2.11 bits per heavy atom. The smallest absolute Gasteiger partial charge is 0.251 e. The summed E-state index contributed by atoms with van der Waals surface area (Å²) in [6.45, 7) is 8.64. The fourth-order valence-corrected chi connectivity index (χ4v) is 1.76. The third-order valence-electron chi connectivity index (χ3n) is 2.56. The van der Waals surface area contributed by atoms with Gasteiger partial charge in [-0.1, -0.05) is 5.21 Å². The number of aryl methyl sites for hydroxylation is 1. The van der Waals surface area contributed by atoms with Gasteiger partial charge in [0.1, 0.15) is 5.52 Å². The van der Waals surface area contributed by atoms with E-state index >= 15 is 0 Å². The van der Waals surface area contributed by atoms with Gasteiger partial charge in [-0.25, -0.2) is 4.68 Å². The molecule has 1 aromatic heterocycles. The topological polar surface area (TPSA) is 59.8 Å². The van der Waals surface area contributed by atoms with Crippen molar-refractivity contribution in [3.8, 4) is 0 Å². The molecule has 1 heterocycles. The number of benzene rings is 1. The first-order valence-electron chi connectivity index (χ1n) is 6.06. The predicted octanol–water partition coefficient (Wildman–Crippen LogP) is 1.98. The Balaban J connectivity index is 2.33. The van der Waals surface area contributed by atoms with Crippen molar-refractivity contribution in [2.24, 2.45) is 0 Å². The second-order valence-electron chi connectivity index (χ2n) is 5.31. The number of rotatable bonds is 2. The summed E-state index contributed by atoms with van der Waals surface area (Å²) in [5, 5.41) is 11.0. The Bertz CT molecular complexity index is 580. The van der Waals surface area contributed by atoms with Crippen molar-refractivity contribution >= 4 is 16.9 Å². The van der Waals surface area contributed by atoms with E-state index in [1.54, 1.807) is 16.8 Å². The molecule has 0 atom stereocenters. The molecule has 5 heteroatoms. The van der Waals surface area contributed by atoms with Gasteiger partial charge in [0.25, 0.3) is 5.91 Å². The van der Waals surface area contributed by atoms with Crippen LogP contribution in [0.3, 0.4) is 0 Å². The van der Waals surface area contributed by atoms with Crippen LogP contribution in [-0.4, -0.2) is 26.4 Å². The van der Waals surface area contributed by atoms with Crippen LogP contribution in [-0.2, 0) is 6.54 Å². The molecule has 0 radical (unpaired) electrons. The number of carbonyl (C=O) groups is 1. The molecule has 2 rings (SSSR count). The van der Waals surface area contributed by atoms with Crippen LogP contribution in [0.4, 0.5) is 0 Å². The summed E-state index contributed by atoms with van der Waals surface area (Å²) in [5.41, 5.74) is 2.07. The molecule has 0 aliphatic rings. The van der Waals surface area contributed by atoms with Crippen molar-refractivity contribution in [1.29, 1.82) is 0 Å². The molecule has 2 aromatic rings. The third-order valence-corrected chi connectivity index (χ3v) is 2.56. The van der Waals surface area contributed by atoms with E-state index in [9.17, 15) is 4.79 Å². The van der Waals surface area contributed by atoms with E-state index in [4.69, 9.17) is 0 Å². The lowest BCUT2D eigenvalue weighted by molar-refractivity contribution is 0.0919. The highest BCUT2D eigenvalue weighted by atomic mass is 16.1. The summed E-state index contributed by atoms with van der Waals surface area (Å²) in [7, 11) is 0. The van der Waals surface area contributed by atoms with Crippen LogP contribution in [0.25, 0.3) is 11.0 Å². The van der Waals surface area contributed by atoms with Gasteiger partial charge < -0.3 is 5.32 Å². The van der Waals surface area contributed by atoms with Crippen molar-refractivity contribution in [3.63, 3.8) is 0 Å². The fourth-order valence-electron chi connectivity index (χ4n) is 1.76. The van der Waals surface area contributed by atoms with Gasteiger partial charge in [-0.2, -0.15) is 0 Å². The van der Waals surface area contributed by atoms with Crippen molar-refractivity contribution in [1.82, 2.24) is 20.3 Å². The minimum atomic E-state index is -0.243. The Hall–Kier alpha value is -1.91. The Kier molecular flexibility index (Phi) is 3.07. The highest BCUT2D eigenvalue weighted by Gasteiger charge is 2.16. The van der Waals surface area contributed by atoms with E-state index in [0.717, 1.165) is 17.6 Å². The highest BCUT2D eigenvalue weighted by Crippen LogP contribution is 2.14. The first-order chi connectivity index (χ1) is 8.40. The summed E-state index contributed by atoms with van der Waals surface area (Å²) < 4.78 is 1.81. The van der Waals surface area contributed by atoms with Crippen LogP contribution in [0.15, 0.2) is 18.2 Å². The molecule has 0 spiro atoms. The number of nitrogens with one attached hydrogen (secondary N) is 1. The van der Waals surface area contributed by atoms with E-state index in [-0.39, 0.29) is 11.4 Å². The zero-order valence-electron chi connectivity index (χ0n) is 11.2. The number of nitrogens with zero attached hydrogens (tertiary/aromatic N) is 3. The average Bonchev–Trinajstić information content (AvgIpc) is 2.68. The van der Waals surface area contributed by atoms with E-state index < -0.39 is 0 Å². The van der Waals surface area contributed by atoms with Crippen molar-refractivity contribution in [2.75, 3.05) is 0 Å². The lowest BCUT2D eigenvalue weighted by Crippen LogP contribution is -2.40. The number of aromatic nitrogens is 3. The normalized spacial score (nSPS) is 11.8. The molecule has 18 heavy (non-hydrogen) atoms. The molecule has 0 unspecified atom stereocenters. The summed E-state index contributed by atoms with van der Waals surface area (Å²) in [4.78, 5) is 12.0. The molecule has 1 N–H and O–H groups in total. The number of hydrogen-bond donors (Lipinski definition) is 1. The van der Waals surface area contributed by atoms with E-state index in [2.05, 4.69) is 15.6 Å². The molecule has 1 amide bonds. The monoisotopic (exact) mass is 246 g/mol. The van der Waals surface area contributed by atoms with Gasteiger partial charge in [0.05, 0.1) is 5.52 Å². The van der Waals surface area contributed by atoms with Crippen LogP contribution < -0.4 is 5.32 Å². The van der Waals surface area contributed by atoms with Gasteiger partial charge in [0.15, 0.2) is 0 Å². The van der Waals surface area contributed by atoms with Gasteiger partial charge in [-0.3, -0.25) is 4.79 Å². The first kappa shape index (κ1) is 12.5. The van der Waals surface area contributed by atoms with Crippen molar-refractivity contribution in [3.05, 3.63) is 23.8 Å². The quantitative estimate of drug-likeness (QED) is 0.881. The van der Waals surface area contributed by atoms with Gasteiger partial charge in [0.2, 0.25) is 0 Å². The minimum Gasteiger partial charge on any atom is -0.347 e. The Morgan fingerprint density at radius 3 is 2.72 bits per heavy atom. The zero-order chi connectivity index (χ0) is 13.3. The predicted molar refractivity (Wildman–Crippen MR) is 70.4 cm³/mol. The third kappa shape index (κ3) is 2.50. The summed E-state index contributed by atoms with van der Waals surface area (Å²) in [6.07, 6.45) is 0. The van der Waals surface area contributed by atoms with Gasteiger partial charge in [-0.05, 0) is 45.9 Å². The molecule has 0 saturated heterocycles. The SMILES string of the molecule is CCn1nnc2cc(C(=O)NC(C)(C)C)ccc21. The largest absolute Gasteiger partial charge is 0.347 e. The number of amides is 1. The highest BCUT2D eigenvalue weighted by molar-refractivity contribution is 5.97. The standard InChI is InChI=1S/C13H18N4O/c1-5-17-11-7-6-9(8-10(11)15-16-17)12(18)14-13(2,3)4/h6-8H,5H2,1-4H3,(H,14,18). The number of hydrogen-bond acceptors (Lipinski definition) is 3. The first-order valence-corrected chi connectivity index (χ1v) is 6.06. The molecule has 1 aromatic carbocycles. The van der Waals surface area contributed by atoms with Crippen LogP contribution >= 0.6 is 0 Å². The van der Waals surface area contributed by atoms with Crippen molar-refractivity contribution in [2.45, 2.75) is 39.8 Å². The Labute approximate surface area is 106 Å². The van der Waals surface area contributed by atoms with Crippen LogP contribution in [0.2, 0.25) is 0 Å². The number of carbonyl (C=O) groups excluding carboxylic acids is 1. The molecule has 5 nitrogen and oxygen atoms in total. The molecule has 0 fully saturated rings. The average molecular weight is 246 g/mol. The summed E-state index contributed by atoms with van der Waals surface area (Å²) >= 11 is 0. The minimum absolute atomic E-state index is 0.0875. The molecule has 0 bridgehead atoms. The second-order valence-corrected chi connectivity index (χ2v) is 5.31. The van der Waals surface area contributed by atoms with Crippen molar-refractivity contribution < 1.29 is 4.79 Å². The summed E-state index contributed by atoms with van der Waals surface area (Å²) in [6, 6.07) is 5.46. The van der Waals surface area contributed by atoms with Gasteiger partial charge in [0, 0.05) is 17.6 Å². The molecule has 0 aliphatic carbocycles. The molecular formula is C13H18N4O. The van der Waals surface area contributed by atoms with E-state index in [1.165, 1.54) is 0 Å².